The molecule has 0 aliphatic heterocycles. The summed E-state index contributed by atoms with van der Waals surface area (Å²) in [7, 11) is 0. The van der Waals surface area contributed by atoms with Crippen molar-refractivity contribution in [1.82, 2.24) is 0 Å². The molecule has 0 heteroatoms. The Labute approximate surface area is 97.8 Å². The van der Waals surface area contributed by atoms with Crippen LogP contribution in [0.2, 0.25) is 0 Å². The normalized spacial score (nSPS) is 19.6. The van der Waals surface area contributed by atoms with Crippen molar-refractivity contribution < 1.29 is 0 Å². The van der Waals surface area contributed by atoms with Crippen molar-refractivity contribution >= 4 is 0 Å². The molecule has 0 spiro atoms. The topological polar surface area (TPSA) is 0 Å². The first-order chi connectivity index (χ1) is 7.06. The first-order valence-electron chi connectivity index (χ1n) is 7.06. The second-order valence-corrected chi connectivity index (χ2v) is 5.44. The Morgan fingerprint density at radius 2 is 1.47 bits per heavy atom. The molecule has 0 rings (SSSR count). The lowest BCUT2D eigenvalue weighted by atomic mass is 9.63. The van der Waals surface area contributed by atoms with E-state index in [0.29, 0.717) is 5.41 Å². The lowest BCUT2D eigenvalue weighted by Gasteiger charge is -2.42. The quantitative estimate of drug-likeness (QED) is 0.486. The summed E-state index contributed by atoms with van der Waals surface area (Å²) in [6.07, 6.45) is 8.17. The minimum Gasteiger partial charge on any atom is -0.0654 e. The molecule has 0 N–H and O–H groups in total. The molecule has 0 saturated carbocycles. The van der Waals surface area contributed by atoms with E-state index in [1.165, 1.54) is 38.5 Å². The number of rotatable bonds is 8. The summed E-state index contributed by atoms with van der Waals surface area (Å²) in [5.41, 5.74) is 0.570. The van der Waals surface area contributed by atoms with Gasteiger partial charge in [-0.1, -0.05) is 80.1 Å². The Morgan fingerprint density at radius 3 is 1.80 bits per heavy atom. The number of hydrogen-bond acceptors (Lipinski definition) is 0. The molecule has 0 aromatic heterocycles. The molecule has 0 aliphatic carbocycles. The van der Waals surface area contributed by atoms with E-state index in [9.17, 15) is 0 Å². The Hall–Kier alpha value is 0. The Morgan fingerprint density at radius 1 is 0.933 bits per heavy atom. The van der Waals surface area contributed by atoms with E-state index < -0.39 is 0 Å². The monoisotopic (exact) mass is 212 g/mol. The van der Waals surface area contributed by atoms with Crippen molar-refractivity contribution in [2.24, 2.45) is 17.3 Å². The highest BCUT2D eigenvalue weighted by Crippen LogP contribution is 2.44. The fourth-order valence-corrected chi connectivity index (χ4v) is 3.15. The van der Waals surface area contributed by atoms with E-state index >= 15 is 0 Å². The molecule has 0 heterocycles. The van der Waals surface area contributed by atoms with Crippen LogP contribution in [-0.4, -0.2) is 0 Å². The van der Waals surface area contributed by atoms with Crippen molar-refractivity contribution in [3.8, 4) is 0 Å². The summed E-state index contributed by atoms with van der Waals surface area (Å²) in [5.74, 6) is 1.80. The summed E-state index contributed by atoms with van der Waals surface area (Å²) < 4.78 is 0. The third kappa shape index (κ3) is 3.81. The van der Waals surface area contributed by atoms with Crippen molar-refractivity contribution in [3.63, 3.8) is 0 Å². The van der Waals surface area contributed by atoms with Gasteiger partial charge in [0.2, 0.25) is 0 Å². The van der Waals surface area contributed by atoms with Gasteiger partial charge in [-0.3, -0.25) is 0 Å². The molecule has 0 bridgehead atoms. The van der Waals surface area contributed by atoms with Crippen molar-refractivity contribution in [1.29, 1.82) is 0 Å². The molecule has 3 unspecified atom stereocenters. The fourth-order valence-electron chi connectivity index (χ4n) is 3.15. The van der Waals surface area contributed by atoms with Gasteiger partial charge in [0.05, 0.1) is 0 Å². The summed E-state index contributed by atoms with van der Waals surface area (Å²) >= 11 is 0. The van der Waals surface area contributed by atoms with Crippen molar-refractivity contribution in [2.45, 2.75) is 80.1 Å². The van der Waals surface area contributed by atoms with Crippen LogP contribution < -0.4 is 0 Å². The fraction of sp³-hybridized carbons (Fsp3) is 1.00. The van der Waals surface area contributed by atoms with E-state index in [0.717, 1.165) is 11.8 Å². The molecule has 92 valence electrons. The van der Waals surface area contributed by atoms with Gasteiger partial charge in [0.25, 0.3) is 0 Å². The van der Waals surface area contributed by atoms with Crippen LogP contribution in [0.3, 0.4) is 0 Å². The van der Waals surface area contributed by atoms with Crippen LogP contribution in [0.5, 0.6) is 0 Å². The molecule has 0 radical (unpaired) electrons. The maximum atomic E-state index is 2.52. The lowest BCUT2D eigenvalue weighted by molar-refractivity contribution is 0.0784. The minimum absolute atomic E-state index is 0.570. The molecule has 0 aromatic rings. The predicted molar refractivity (Wildman–Crippen MR) is 71.2 cm³/mol. The average molecular weight is 212 g/mol. The Bertz CT molecular complexity index is 150. The van der Waals surface area contributed by atoms with Gasteiger partial charge in [-0.25, -0.2) is 0 Å². The Balaban J connectivity index is 4.62. The van der Waals surface area contributed by atoms with Crippen LogP contribution in [-0.2, 0) is 0 Å². The van der Waals surface area contributed by atoms with Crippen molar-refractivity contribution in [2.75, 3.05) is 0 Å². The van der Waals surface area contributed by atoms with Gasteiger partial charge in [-0.05, 0) is 17.3 Å². The molecule has 0 amide bonds. The standard InChI is InChI=1S/C15H32/c1-7-11-13(5)15(6,10-4)14(9-3)12-8-2/h13-14H,7-12H2,1-6H3. The van der Waals surface area contributed by atoms with E-state index in [1.54, 1.807) is 0 Å². The lowest BCUT2D eigenvalue weighted by Crippen LogP contribution is -2.33. The van der Waals surface area contributed by atoms with E-state index in [1.807, 2.05) is 0 Å². The van der Waals surface area contributed by atoms with E-state index in [2.05, 4.69) is 41.5 Å². The zero-order valence-electron chi connectivity index (χ0n) is 11.9. The molecular weight excluding hydrogens is 180 g/mol. The van der Waals surface area contributed by atoms with Crippen LogP contribution in [0.15, 0.2) is 0 Å². The van der Waals surface area contributed by atoms with Gasteiger partial charge in [0.15, 0.2) is 0 Å². The second-order valence-electron chi connectivity index (χ2n) is 5.44. The highest BCUT2D eigenvalue weighted by Gasteiger charge is 2.35. The van der Waals surface area contributed by atoms with Gasteiger partial charge in [-0.15, -0.1) is 0 Å². The molecule has 0 saturated heterocycles. The highest BCUT2D eigenvalue weighted by atomic mass is 14.4. The smallest absolute Gasteiger partial charge is 0.0275 e. The van der Waals surface area contributed by atoms with Gasteiger partial charge in [0.1, 0.15) is 0 Å². The summed E-state index contributed by atoms with van der Waals surface area (Å²) in [6, 6.07) is 0. The zero-order chi connectivity index (χ0) is 11.9. The first kappa shape index (κ1) is 15.0. The van der Waals surface area contributed by atoms with E-state index in [-0.39, 0.29) is 0 Å². The molecule has 3 atom stereocenters. The summed E-state index contributed by atoms with van der Waals surface area (Å²) in [5, 5.41) is 0. The average Bonchev–Trinajstić information content (AvgIpc) is 2.25. The molecular formula is C15H32. The van der Waals surface area contributed by atoms with Gasteiger partial charge < -0.3 is 0 Å². The van der Waals surface area contributed by atoms with Crippen LogP contribution in [0.4, 0.5) is 0 Å². The molecule has 0 nitrogen and oxygen atoms in total. The van der Waals surface area contributed by atoms with Crippen LogP contribution in [0, 0.1) is 17.3 Å². The third-order valence-corrected chi connectivity index (χ3v) is 4.67. The largest absolute Gasteiger partial charge is 0.0654 e. The highest BCUT2D eigenvalue weighted by molar-refractivity contribution is 4.85. The first-order valence-corrected chi connectivity index (χ1v) is 7.06. The number of hydrogen-bond donors (Lipinski definition) is 0. The Kier molecular flexibility index (Phi) is 7.30. The van der Waals surface area contributed by atoms with Crippen molar-refractivity contribution in [3.05, 3.63) is 0 Å². The maximum Gasteiger partial charge on any atom is -0.0275 e. The third-order valence-electron chi connectivity index (χ3n) is 4.67. The maximum absolute atomic E-state index is 2.52. The molecule has 0 aromatic carbocycles. The molecule has 0 fully saturated rings. The summed E-state index contributed by atoms with van der Waals surface area (Å²) in [4.78, 5) is 0. The van der Waals surface area contributed by atoms with Gasteiger partial charge in [0, 0.05) is 0 Å². The molecule has 0 aliphatic rings. The predicted octanol–water partition coefficient (Wildman–Crippen LogP) is 5.67. The van der Waals surface area contributed by atoms with Crippen LogP contribution in [0.1, 0.15) is 80.1 Å². The van der Waals surface area contributed by atoms with E-state index in [4.69, 9.17) is 0 Å². The van der Waals surface area contributed by atoms with Crippen LogP contribution >= 0.6 is 0 Å². The van der Waals surface area contributed by atoms with Gasteiger partial charge >= 0.3 is 0 Å². The van der Waals surface area contributed by atoms with Gasteiger partial charge in [-0.2, -0.15) is 0 Å². The minimum atomic E-state index is 0.570. The van der Waals surface area contributed by atoms with Crippen LogP contribution in [0.25, 0.3) is 0 Å². The summed E-state index contributed by atoms with van der Waals surface area (Å²) in [6.45, 7) is 14.4. The molecule has 15 heavy (non-hydrogen) atoms. The second kappa shape index (κ2) is 7.30. The SMILES string of the molecule is CCCC(C)C(C)(CC)C(CC)CCC. The zero-order valence-corrected chi connectivity index (χ0v) is 11.9.